The summed E-state index contributed by atoms with van der Waals surface area (Å²) < 4.78 is 22.4. The third kappa shape index (κ3) is 6.82. The van der Waals surface area contributed by atoms with Gasteiger partial charge in [-0.1, -0.05) is 6.07 Å². The Labute approximate surface area is 132 Å². The molecule has 0 fully saturated rings. The van der Waals surface area contributed by atoms with E-state index in [9.17, 15) is 13.2 Å². The molecular weight excluding hydrogens is 312 g/mol. The zero-order chi connectivity index (χ0) is 15.6. The van der Waals surface area contributed by atoms with Gasteiger partial charge in [-0.05, 0) is 44.9 Å². The quantitative estimate of drug-likeness (QED) is 0.805. The van der Waals surface area contributed by atoms with Crippen molar-refractivity contribution in [2.75, 3.05) is 17.7 Å². The number of sulfone groups is 1. The topological polar surface area (TPSA) is 89.3 Å². The van der Waals surface area contributed by atoms with Crippen LogP contribution in [0.25, 0.3) is 0 Å². The predicted molar refractivity (Wildman–Crippen MR) is 88.7 cm³/mol. The summed E-state index contributed by atoms with van der Waals surface area (Å²) in [5.74, 6) is -0.204. The molecule has 0 aromatic heterocycles. The van der Waals surface area contributed by atoms with Crippen molar-refractivity contribution in [2.24, 2.45) is 0 Å². The molecule has 0 bridgehead atoms. The summed E-state index contributed by atoms with van der Waals surface area (Å²) in [5, 5.41) is 2.85. The molecule has 5 nitrogen and oxygen atoms in total. The van der Waals surface area contributed by atoms with E-state index in [0.717, 1.165) is 5.56 Å². The number of benzene rings is 1. The highest BCUT2D eigenvalue weighted by molar-refractivity contribution is 7.90. The third-order valence-electron chi connectivity index (χ3n) is 3.06. The number of halogens is 1. The van der Waals surface area contributed by atoms with Crippen LogP contribution in [-0.4, -0.2) is 31.9 Å². The molecular formula is C14H23ClN2O3S. The molecule has 0 saturated carbocycles. The second-order valence-electron chi connectivity index (χ2n) is 5.79. The number of rotatable bonds is 5. The van der Waals surface area contributed by atoms with Crippen molar-refractivity contribution in [1.29, 1.82) is 0 Å². The fourth-order valence-corrected chi connectivity index (χ4v) is 2.64. The Hall–Kier alpha value is -1.27. The predicted octanol–water partition coefficient (Wildman–Crippen LogP) is 1.94. The van der Waals surface area contributed by atoms with Gasteiger partial charge in [0, 0.05) is 23.0 Å². The molecule has 0 unspecified atom stereocenters. The van der Waals surface area contributed by atoms with Gasteiger partial charge in [0.2, 0.25) is 0 Å². The summed E-state index contributed by atoms with van der Waals surface area (Å²) in [7, 11) is -3.04. The first-order valence-electron chi connectivity index (χ1n) is 6.36. The molecule has 3 N–H and O–H groups in total. The number of nitrogens with one attached hydrogen (secondary N) is 1. The van der Waals surface area contributed by atoms with Crippen LogP contribution in [0.4, 0.5) is 5.69 Å². The fraction of sp³-hybridized carbons (Fsp3) is 0.500. The van der Waals surface area contributed by atoms with Crippen molar-refractivity contribution < 1.29 is 13.2 Å². The summed E-state index contributed by atoms with van der Waals surface area (Å²) in [6.45, 7) is 5.44. The highest BCUT2D eigenvalue weighted by Crippen LogP contribution is 2.16. The van der Waals surface area contributed by atoms with Crippen LogP contribution in [0.15, 0.2) is 18.2 Å². The Morgan fingerprint density at radius 2 is 1.90 bits per heavy atom. The molecule has 0 spiro atoms. The number of amides is 1. The lowest BCUT2D eigenvalue weighted by Crippen LogP contribution is -2.44. The third-order valence-corrected chi connectivity index (χ3v) is 4.00. The average Bonchev–Trinajstić information content (AvgIpc) is 2.28. The van der Waals surface area contributed by atoms with E-state index in [-0.39, 0.29) is 24.1 Å². The maximum Gasteiger partial charge on any atom is 0.252 e. The zero-order valence-corrected chi connectivity index (χ0v) is 14.4. The largest absolute Gasteiger partial charge is 0.399 e. The van der Waals surface area contributed by atoms with Crippen molar-refractivity contribution in [3.05, 3.63) is 29.3 Å². The first-order chi connectivity index (χ1) is 9.00. The van der Waals surface area contributed by atoms with Gasteiger partial charge in [-0.25, -0.2) is 8.42 Å². The molecule has 0 aliphatic heterocycles. The number of carbonyl (C=O) groups excluding carboxylic acids is 1. The number of nitrogens with two attached hydrogens (primary N) is 1. The van der Waals surface area contributed by atoms with E-state index in [1.54, 1.807) is 32.0 Å². The number of carbonyl (C=O) groups is 1. The van der Waals surface area contributed by atoms with Crippen LogP contribution in [0.1, 0.15) is 36.2 Å². The molecule has 1 rings (SSSR count). The lowest BCUT2D eigenvalue weighted by Gasteiger charge is -2.26. The van der Waals surface area contributed by atoms with Gasteiger partial charge in [-0.2, -0.15) is 0 Å². The summed E-state index contributed by atoms with van der Waals surface area (Å²) in [4.78, 5) is 12.2. The lowest BCUT2D eigenvalue weighted by molar-refractivity contribution is 0.0911. The Kier molecular flexibility index (Phi) is 6.70. The van der Waals surface area contributed by atoms with Crippen LogP contribution in [0.5, 0.6) is 0 Å². The van der Waals surface area contributed by atoms with Crippen LogP contribution in [-0.2, 0) is 9.84 Å². The Morgan fingerprint density at radius 1 is 1.33 bits per heavy atom. The molecule has 0 aliphatic rings. The van der Waals surface area contributed by atoms with Crippen LogP contribution in [0.2, 0.25) is 0 Å². The number of nitrogen functional groups attached to an aromatic ring is 1. The van der Waals surface area contributed by atoms with Gasteiger partial charge in [-0.15, -0.1) is 12.4 Å². The minimum Gasteiger partial charge on any atom is -0.399 e. The van der Waals surface area contributed by atoms with Crippen LogP contribution < -0.4 is 11.1 Å². The summed E-state index contributed by atoms with van der Waals surface area (Å²) in [5.41, 5.74) is 6.95. The summed E-state index contributed by atoms with van der Waals surface area (Å²) >= 11 is 0. The first kappa shape index (κ1) is 19.7. The minimum atomic E-state index is -3.04. The molecule has 0 atom stereocenters. The SMILES string of the molecule is Cc1ccc(N)cc1C(=O)NC(C)(C)CCS(C)(=O)=O.Cl. The van der Waals surface area contributed by atoms with Gasteiger partial charge < -0.3 is 11.1 Å². The van der Waals surface area contributed by atoms with Gasteiger partial charge in [0.1, 0.15) is 9.84 Å². The van der Waals surface area contributed by atoms with Crippen LogP contribution in [0.3, 0.4) is 0 Å². The fourth-order valence-electron chi connectivity index (χ4n) is 1.76. The van der Waals surface area contributed by atoms with E-state index in [0.29, 0.717) is 17.7 Å². The number of aryl methyl sites for hydroxylation is 1. The highest BCUT2D eigenvalue weighted by atomic mass is 35.5. The molecule has 0 heterocycles. The van der Waals surface area contributed by atoms with E-state index in [4.69, 9.17) is 5.73 Å². The number of hydrogen-bond acceptors (Lipinski definition) is 4. The van der Waals surface area contributed by atoms with Gasteiger partial charge in [0.15, 0.2) is 0 Å². The Balaban J connectivity index is 0.00000400. The molecule has 1 aromatic carbocycles. The molecule has 0 radical (unpaired) electrons. The first-order valence-corrected chi connectivity index (χ1v) is 8.43. The molecule has 21 heavy (non-hydrogen) atoms. The van der Waals surface area contributed by atoms with Crippen molar-refractivity contribution in [1.82, 2.24) is 5.32 Å². The molecule has 1 aromatic rings. The lowest BCUT2D eigenvalue weighted by atomic mass is 10.00. The maximum atomic E-state index is 12.2. The highest BCUT2D eigenvalue weighted by Gasteiger charge is 2.23. The average molecular weight is 335 g/mol. The molecule has 7 heteroatoms. The van der Waals surface area contributed by atoms with Crippen LogP contribution in [0, 0.1) is 6.92 Å². The van der Waals surface area contributed by atoms with Crippen molar-refractivity contribution in [3.8, 4) is 0 Å². The normalized spacial score (nSPS) is 11.6. The van der Waals surface area contributed by atoms with Gasteiger partial charge in [0.05, 0.1) is 5.75 Å². The number of hydrogen-bond donors (Lipinski definition) is 2. The monoisotopic (exact) mass is 334 g/mol. The van der Waals surface area contributed by atoms with E-state index in [1.165, 1.54) is 6.26 Å². The van der Waals surface area contributed by atoms with Gasteiger partial charge in [-0.3, -0.25) is 4.79 Å². The smallest absolute Gasteiger partial charge is 0.252 e. The Bertz CT molecular complexity index is 613. The second kappa shape index (κ2) is 7.13. The van der Waals surface area contributed by atoms with Crippen molar-refractivity contribution in [3.63, 3.8) is 0 Å². The molecule has 0 saturated heterocycles. The van der Waals surface area contributed by atoms with E-state index < -0.39 is 15.4 Å². The Morgan fingerprint density at radius 3 is 2.43 bits per heavy atom. The van der Waals surface area contributed by atoms with Gasteiger partial charge in [0.25, 0.3) is 5.91 Å². The minimum absolute atomic E-state index is 0. The maximum absolute atomic E-state index is 12.2. The molecule has 1 amide bonds. The summed E-state index contributed by atoms with van der Waals surface area (Å²) in [6, 6.07) is 5.14. The van der Waals surface area contributed by atoms with Gasteiger partial charge >= 0.3 is 0 Å². The zero-order valence-electron chi connectivity index (χ0n) is 12.8. The number of anilines is 1. The van der Waals surface area contributed by atoms with Crippen molar-refractivity contribution >= 4 is 33.8 Å². The standard InChI is InChI=1S/C14H22N2O3S.ClH/c1-10-5-6-11(15)9-12(10)13(17)16-14(2,3)7-8-20(4,18)19;/h5-6,9H,7-8,15H2,1-4H3,(H,16,17);1H. The van der Waals surface area contributed by atoms with E-state index in [2.05, 4.69) is 5.32 Å². The molecule has 0 aliphatic carbocycles. The second-order valence-corrected chi connectivity index (χ2v) is 8.05. The van der Waals surface area contributed by atoms with Crippen molar-refractivity contribution in [2.45, 2.75) is 32.7 Å². The van der Waals surface area contributed by atoms with E-state index in [1.807, 2.05) is 6.92 Å². The molecule has 120 valence electrons. The van der Waals surface area contributed by atoms with E-state index >= 15 is 0 Å². The van der Waals surface area contributed by atoms with Crippen LogP contribution >= 0.6 is 12.4 Å². The summed E-state index contributed by atoms with van der Waals surface area (Å²) in [6.07, 6.45) is 1.55.